The summed E-state index contributed by atoms with van der Waals surface area (Å²) in [5, 5.41) is 12.5. The minimum absolute atomic E-state index is 0.204. The molecule has 48 heavy (non-hydrogen) atoms. The third-order valence-corrected chi connectivity index (χ3v) is 9.30. The molecule has 8 heteroatoms. The number of carbonyl (C=O) groups excluding carboxylic acids is 2. The van der Waals surface area contributed by atoms with Gasteiger partial charge in [0.2, 0.25) is 0 Å². The van der Waals surface area contributed by atoms with Gasteiger partial charge in [-0.2, -0.15) is 0 Å². The Bertz CT molecular complexity index is 1990. The SMILES string of the molecule is O=C1CCCc2ccc3cc4ccc5ccc(c6cc7ccc2c3c7c4c56)CCCC(=O)OCCOCCOCCOCCOCCO1. The van der Waals surface area contributed by atoms with E-state index in [2.05, 4.69) is 60.7 Å². The summed E-state index contributed by atoms with van der Waals surface area (Å²) in [6.07, 6.45) is 3.72. The van der Waals surface area contributed by atoms with Gasteiger partial charge in [-0.3, -0.25) is 9.59 Å². The summed E-state index contributed by atoms with van der Waals surface area (Å²) >= 11 is 0. The molecule has 0 saturated carbocycles. The number of hydrogen-bond donors (Lipinski definition) is 0. The highest BCUT2D eigenvalue weighted by Crippen LogP contribution is 2.45. The van der Waals surface area contributed by atoms with Gasteiger partial charge in [0.15, 0.2) is 0 Å². The van der Waals surface area contributed by atoms with Gasteiger partial charge in [-0.1, -0.05) is 48.5 Å². The second-order valence-corrected chi connectivity index (χ2v) is 12.4. The molecule has 0 fully saturated rings. The summed E-state index contributed by atoms with van der Waals surface area (Å²) in [7, 11) is 0. The summed E-state index contributed by atoms with van der Waals surface area (Å²) < 4.78 is 32.9. The fourth-order valence-corrected chi connectivity index (χ4v) is 7.06. The van der Waals surface area contributed by atoms with Crippen LogP contribution in [0.25, 0.3) is 53.9 Å². The van der Waals surface area contributed by atoms with Gasteiger partial charge in [0.05, 0.1) is 52.9 Å². The van der Waals surface area contributed by atoms with Gasteiger partial charge in [0.25, 0.3) is 0 Å². The molecule has 0 radical (unpaired) electrons. The average Bonchev–Trinajstić information content (AvgIpc) is 3.10. The van der Waals surface area contributed by atoms with Gasteiger partial charge in [0.1, 0.15) is 13.2 Å². The third kappa shape index (κ3) is 7.17. The summed E-state index contributed by atoms with van der Waals surface area (Å²) in [5.74, 6) is -0.408. The van der Waals surface area contributed by atoms with Crippen molar-refractivity contribution in [3.05, 3.63) is 71.8 Å². The van der Waals surface area contributed by atoms with Crippen LogP contribution >= 0.6 is 0 Å². The molecule has 8 nitrogen and oxygen atoms in total. The van der Waals surface area contributed by atoms with Crippen molar-refractivity contribution >= 4 is 65.8 Å². The molecule has 0 aromatic heterocycles. The Balaban J connectivity index is 1.14. The molecule has 0 saturated heterocycles. The maximum atomic E-state index is 12.5. The minimum Gasteiger partial charge on any atom is -0.463 e. The normalized spacial score (nSPS) is 18.4. The standard InChI is InChI=1S/C40H42O8/c41-35-5-1-3-27-8-11-30-25-31-12-10-29-9-7-28(34-26-32-13-14-33(27)38(30)40(32)39(31)37(29)34)4-2-6-36(42)48-24-22-46-20-18-44-16-15-43-17-19-45-21-23-47-35/h7-14,25-26H,1-6,15-24H2. The predicted octanol–water partition coefficient (Wildman–Crippen LogP) is 7.14. The molecule has 250 valence electrons. The van der Waals surface area contributed by atoms with Crippen molar-refractivity contribution in [1.82, 2.24) is 0 Å². The van der Waals surface area contributed by atoms with Crippen LogP contribution < -0.4 is 0 Å². The number of benzene rings is 6. The lowest BCUT2D eigenvalue weighted by molar-refractivity contribution is -0.146. The van der Waals surface area contributed by atoms with E-state index >= 15 is 0 Å². The zero-order chi connectivity index (χ0) is 32.7. The zero-order valence-corrected chi connectivity index (χ0v) is 27.4. The lowest BCUT2D eigenvalue weighted by Crippen LogP contribution is -2.15. The van der Waals surface area contributed by atoms with Crippen molar-refractivity contribution in [1.29, 1.82) is 0 Å². The Morgan fingerprint density at radius 1 is 0.375 bits per heavy atom. The van der Waals surface area contributed by atoms with E-state index in [1.54, 1.807) is 0 Å². The fourth-order valence-electron chi connectivity index (χ4n) is 7.06. The highest BCUT2D eigenvalue weighted by atomic mass is 16.6. The van der Waals surface area contributed by atoms with E-state index in [0.717, 1.165) is 12.8 Å². The number of rotatable bonds is 0. The van der Waals surface area contributed by atoms with E-state index in [-0.39, 0.29) is 25.2 Å². The van der Waals surface area contributed by atoms with Crippen molar-refractivity contribution < 1.29 is 38.0 Å². The molecule has 7 rings (SSSR count). The monoisotopic (exact) mass is 650 g/mol. The predicted molar refractivity (Wildman–Crippen MR) is 187 cm³/mol. The van der Waals surface area contributed by atoms with Crippen LogP contribution in [0.2, 0.25) is 0 Å². The largest absolute Gasteiger partial charge is 0.463 e. The van der Waals surface area contributed by atoms with Crippen LogP contribution in [0.4, 0.5) is 0 Å². The Hall–Kier alpha value is -4.08. The summed E-state index contributed by atoms with van der Waals surface area (Å²) in [4.78, 5) is 24.9. The highest BCUT2D eigenvalue weighted by molar-refractivity contribution is 6.36. The molecular weight excluding hydrogens is 608 g/mol. The average molecular weight is 651 g/mol. The molecule has 0 N–H and O–H groups in total. The van der Waals surface area contributed by atoms with Crippen molar-refractivity contribution in [2.24, 2.45) is 0 Å². The van der Waals surface area contributed by atoms with E-state index in [9.17, 15) is 9.59 Å². The van der Waals surface area contributed by atoms with Crippen molar-refractivity contribution in [3.8, 4) is 0 Å². The van der Waals surface area contributed by atoms with E-state index in [1.165, 1.54) is 65.0 Å². The fraction of sp³-hybridized carbons (Fsp3) is 0.400. The Morgan fingerprint density at radius 3 is 1.40 bits per heavy atom. The van der Waals surface area contributed by atoms with Crippen LogP contribution in [0.5, 0.6) is 0 Å². The van der Waals surface area contributed by atoms with Gasteiger partial charge in [0, 0.05) is 12.8 Å². The first-order chi connectivity index (χ1) is 23.7. The number of ether oxygens (including phenoxy) is 6. The first-order valence-corrected chi connectivity index (χ1v) is 17.2. The molecule has 1 heterocycles. The zero-order valence-electron chi connectivity index (χ0n) is 27.4. The van der Waals surface area contributed by atoms with Crippen molar-refractivity contribution in [2.45, 2.75) is 38.5 Å². The first kappa shape index (κ1) is 32.5. The molecule has 0 atom stereocenters. The minimum atomic E-state index is -0.204. The Kier molecular flexibility index (Phi) is 10.4. The van der Waals surface area contributed by atoms with Gasteiger partial charge in [-0.05, 0) is 103 Å². The van der Waals surface area contributed by atoms with E-state index in [4.69, 9.17) is 28.4 Å². The molecule has 1 aliphatic heterocycles. The maximum Gasteiger partial charge on any atom is 0.305 e. The number of aryl methyl sites for hydroxylation is 2. The van der Waals surface area contributed by atoms with Crippen LogP contribution in [0.3, 0.4) is 0 Å². The molecular formula is C40H42O8. The summed E-state index contributed by atoms with van der Waals surface area (Å²) in [5.41, 5.74) is 2.48. The molecule has 0 unspecified atom stereocenters. The van der Waals surface area contributed by atoms with Gasteiger partial charge >= 0.3 is 11.9 Å². The maximum absolute atomic E-state index is 12.5. The number of hydrogen-bond acceptors (Lipinski definition) is 8. The highest BCUT2D eigenvalue weighted by Gasteiger charge is 2.19. The summed E-state index contributed by atoms with van der Waals surface area (Å²) in [6.45, 7) is 3.76. The van der Waals surface area contributed by atoms with Crippen LogP contribution in [0.1, 0.15) is 36.8 Å². The van der Waals surface area contributed by atoms with Gasteiger partial charge in [-0.25, -0.2) is 0 Å². The number of carbonyl (C=O) groups is 2. The first-order valence-electron chi connectivity index (χ1n) is 17.2. The molecule has 6 aromatic carbocycles. The van der Waals surface area contributed by atoms with E-state index in [1.807, 2.05) is 0 Å². The lowest BCUT2D eigenvalue weighted by Gasteiger charge is -2.20. The smallest absolute Gasteiger partial charge is 0.305 e. The van der Waals surface area contributed by atoms with Crippen LogP contribution in [-0.4, -0.2) is 78.0 Å². The molecule has 0 aliphatic carbocycles. The van der Waals surface area contributed by atoms with Crippen LogP contribution in [0.15, 0.2) is 60.7 Å². The quantitative estimate of drug-likeness (QED) is 0.0974. The molecule has 0 spiro atoms. The molecule has 6 aromatic rings. The van der Waals surface area contributed by atoms with Crippen molar-refractivity contribution in [2.75, 3.05) is 66.1 Å². The third-order valence-electron chi connectivity index (χ3n) is 9.30. The Labute approximate surface area is 279 Å². The molecule has 3 bridgehead atoms. The topological polar surface area (TPSA) is 89.5 Å². The molecule has 1 aliphatic rings. The van der Waals surface area contributed by atoms with E-state index < -0.39 is 0 Å². The number of cyclic esters (lactones) is 2. The molecule has 0 amide bonds. The van der Waals surface area contributed by atoms with Crippen LogP contribution in [0, 0.1) is 0 Å². The van der Waals surface area contributed by atoms with Crippen LogP contribution in [-0.2, 0) is 50.9 Å². The second-order valence-electron chi connectivity index (χ2n) is 12.4. The number of fused-ring (bicyclic) bond motifs is 1. The van der Waals surface area contributed by atoms with Gasteiger partial charge < -0.3 is 28.4 Å². The summed E-state index contributed by atoms with van der Waals surface area (Å²) in [6, 6.07) is 22.4. The van der Waals surface area contributed by atoms with E-state index in [0.29, 0.717) is 78.5 Å². The van der Waals surface area contributed by atoms with Crippen molar-refractivity contribution in [3.63, 3.8) is 0 Å². The second kappa shape index (κ2) is 15.4. The van der Waals surface area contributed by atoms with Gasteiger partial charge in [-0.15, -0.1) is 0 Å². The lowest BCUT2D eigenvalue weighted by atomic mass is 9.84. The Morgan fingerprint density at radius 2 is 0.792 bits per heavy atom. The number of esters is 2.